The van der Waals surface area contributed by atoms with Crippen molar-refractivity contribution in [2.75, 3.05) is 12.8 Å². The van der Waals surface area contributed by atoms with E-state index in [1.165, 1.54) is 10.8 Å². The predicted molar refractivity (Wildman–Crippen MR) is 97.6 cm³/mol. The summed E-state index contributed by atoms with van der Waals surface area (Å²) in [6.45, 7) is 0.651. The van der Waals surface area contributed by atoms with Crippen LogP contribution in [0, 0.1) is 0 Å². The molecular formula is C20H19NOS. The molecule has 0 unspecified atom stereocenters. The van der Waals surface area contributed by atoms with Crippen LogP contribution >= 0.6 is 11.8 Å². The van der Waals surface area contributed by atoms with Crippen LogP contribution in [0.25, 0.3) is 10.8 Å². The van der Waals surface area contributed by atoms with E-state index >= 15 is 0 Å². The quantitative estimate of drug-likeness (QED) is 0.641. The van der Waals surface area contributed by atoms with E-state index in [0.717, 1.165) is 10.5 Å². The van der Waals surface area contributed by atoms with E-state index < -0.39 is 0 Å². The minimum absolute atomic E-state index is 0.145. The van der Waals surface area contributed by atoms with E-state index in [1.54, 1.807) is 16.7 Å². The van der Waals surface area contributed by atoms with Gasteiger partial charge in [0, 0.05) is 18.5 Å². The highest BCUT2D eigenvalue weighted by Crippen LogP contribution is 2.23. The SMILES string of the molecule is CN(Cc1ccccc1)C(=O)CSc1ccc2ccccc2c1. The van der Waals surface area contributed by atoms with Crippen LogP contribution in [0.3, 0.4) is 0 Å². The van der Waals surface area contributed by atoms with Gasteiger partial charge in [-0.2, -0.15) is 0 Å². The Morgan fingerprint density at radius 1 is 0.913 bits per heavy atom. The monoisotopic (exact) mass is 321 g/mol. The molecule has 23 heavy (non-hydrogen) atoms. The van der Waals surface area contributed by atoms with Gasteiger partial charge in [0.2, 0.25) is 5.91 Å². The van der Waals surface area contributed by atoms with E-state index in [9.17, 15) is 4.79 Å². The van der Waals surface area contributed by atoms with E-state index in [1.807, 2.05) is 49.5 Å². The van der Waals surface area contributed by atoms with Crippen molar-refractivity contribution >= 4 is 28.4 Å². The largest absolute Gasteiger partial charge is 0.341 e. The van der Waals surface area contributed by atoms with Crippen LogP contribution in [0.4, 0.5) is 0 Å². The summed E-state index contributed by atoms with van der Waals surface area (Å²) in [5.74, 6) is 0.605. The van der Waals surface area contributed by atoms with Crippen LogP contribution in [0.1, 0.15) is 5.56 Å². The normalized spacial score (nSPS) is 10.7. The Kier molecular flexibility index (Phi) is 4.99. The lowest BCUT2D eigenvalue weighted by Gasteiger charge is -2.17. The van der Waals surface area contributed by atoms with Crippen molar-refractivity contribution < 1.29 is 4.79 Å². The summed E-state index contributed by atoms with van der Waals surface area (Å²) in [6, 6.07) is 24.7. The first-order chi connectivity index (χ1) is 11.2. The second-order valence-electron chi connectivity index (χ2n) is 5.53. The molecule has 3 aromatic rings. The molecule has 0 aliphatic carbocycles. The Morgan fingerprint density at radius 3 is 2.39 bits per heavy atom. The van der Waals surface area contributed by atoms with Gasteiger partial charge < -0.3 is 4.90 Å². The zero-order valence-corrected chi connectivity index (χ0v) is 13.9. The zero-order chi connectivity index (χ0) is 16.1. The molecule has 3 aromatic carbocycles. The summed E-state index contributed by atoms with van der Waals surface area (Å²) >= 11 is 1.59. The highest BCUT2D eigenvalue weighted by molar-refractivity contribution is 8.00. The van der Waals surface area contributed by atoms with Crippen molar-refractivity contribution in [3.8, 4) is 0 Å². The van der Waals surface area contributed by atoms with Crippen LogP contribution < -0.4 is 0 Å². The number of hydrogen-bond donors (Lipinski definition) is 0. The maximum absolute atomic E-state index is 12.3. The van der Waals surface area contributed by atoms with Gasteiger partial charge in [-0.1, -0.05) is 60.7 Å². The van der Waals surface area contributed by atoms with Gasteiger partial charge in [0.1, 0.15) is 0 Å². The van der Waals surface area contributed by atoms with Crippen LogP contribution in [-0.4, -0.2) is 23.6 Å². The number of thioether (sulfide) groups is 1. The smallest absolute Gasteiger partial charge is 0.232 e. The summed E-state index contributed by atoms with van der Waals surface area (Å²) in [5, 5.41) is 2.44. The van der Waals surface area contributed by atoms with E-state index in [-0.39, 0.29) is 5.91 Å². The topological polar surface area (TPSA) is 20.3 Å². The number of benzene rings is 3. The minimum Gasteiger partial charge on any atom is -0.341 e. The Bertz CT molecular complexity index is 801. The van der Waals surface area contributed by atoms with Crippen molar-refractivity contribution in [3.05, 3.63) is 78.4 Å². The van der Waals surface area contributed by atoms with Crippen molar-refractivity contribution in [1.82, 2.24) is 4.90 Å². The lowest BCUT2D eigenvalue weighted by Crippen LogP contribution is -2.27. The zero-order valence-electron chi connectivity index (χ0n) is 13.1. The van der Waals surface area contributed by atoms with E-state index in [2.05, 4.69) is 30.3 Å². The summed E-state index contributed by atoms with van der Waals surface area (Å²) in [5.41, 5.74) is 1.15. The van der Waals surface area contributed by atoms with Crippen LogP contribution in [0.5, 0.6) is 0 Å². The van der Waals surface area contributed by atoms with Crippen molar-refractivity contribution in [1.29, 1.82) is 0 Å². The molecule has 0 aliphatic heterocycles. The summed E-state index contributed by atoms with van der Waals surface area (Å²) < 4.78 is 0. The summed E-state index contributed by atoms with van der Waals surface area (Å²) in [6.07, 6.45) is 0. The van der Waals surface area contributed by atoms with E-state index in [4.69, 9.17) is 0 Å². The molecule has 0 radical (unpaired) electrons. The van der Waals surface area contributed by atoms with Crippen molar-refractivity contribution in [2.24, 2.45) is 0 Å². The first-order valence-corrected chi connectivity index (χ1v) is 8.60. The molecule has 0 saturated carbocycles. The van der Waals surface area contributed by atoms with Gasteiger partial charge in [0.15, 0.2) is 0 Å². The fourth-order valence-electron chi connectivity index (χ4n) is 2.46. The second-order valence-corrected chi connectivity index (χ2v) is 6.58. The van der Waals surface area contributed by atoms with Crippen LogP contribution in [-0.2, 0) is 11.3 Å². The molecule has 3 heteroatoms. The van der Waals surface area contributed by atoms with Crippen LogP contribution in [0.15, 0.2) is 77.7 Å². The Balaban J connectivity index is 1.59. The lowest BCUT2D eigenvalue weighted by molar-refractivity contribution is -0.127. The van der Waals surface area contributed by atoms with Gasteiger partial charge in [-0.3, -0.25) is 4.79 Å². The maximum Gasteiger partial charge on any atom is 0.232 e. The van der Waals surface area contributed by atoms with Gasteiger partial charge in [0.25, 0.3) is 0 Å². The summed E-state index contributed by atoms with van der Waals surface area (Å²) in [7, 11) is 1.86. The molecule has 0 spiro atoms. The van der Waals surface area contributed by atoms with Crippen molar-refractivity contribution in [2.45, 2.75) is 11.4 Å². The van der Waals surface area contributed by atoms with Gasteiger partial charge in [-0.15, -0.1) is 11.8 Å². The first-order valence-electron chi connectivity index (χ1n) is 7.62. The predicted octanol–water partition coefficient (Wildman–Crippen LogP) is 4.59. The molecule has 0 aromatic heterocycles. The number of hydrogen-bond acceptors (Lipinski definition) is 2. The third-order valence-corrected chi connectivity index (χ3v) is 4.75. The molecular weight excluding hydrogens is 302 g/mol. The van der Waals surface area contributed by atoms with Crippen LogP contribution in [0.2, 0.25) is 0 Å². The van der Waals surface area contributed by atoms with Gasteiger partial charge >= 0.3 is 0 Å². The lowest BCUT2D eigenvalue weighted by atomic mass is 10.1. The Hall–Kier alpha value is -2.26. The molecule has 116 valence electrons. The average Bonchev–Trinajstić information content (AvgIpc) is 2.60. The molecule has 1 amide bonds. The maximum atomic E-state index is 12.3. The van der Waals surface area contributed by atoms with Crippen molar-refractivity contribution in [3.63, 3.8) is 0 Å². The third-order valence-electron chi connectivity index (χ3n) is 3.77. The highest BCUT2D eigenvalue weighted by Gasteiger charge is 2.10. The number of rotatable bonds is 5. The number of carbonyl (C=O) groups excluding carboxylic acids is 1. The molecule has 0 N–H and O–H groups in total. The van der Waals surface area contributed by atoms with Gasteiger partial charge in [0.05, 0.1) is 5.75 Å². The van der Waals surface area contributed by atoms with E-state index in [0.29, 0.717) is 12.3 Å². The fourth-order valence-corrected chi connectivity index (χ4v) is 3.34. The molecule has 0 heterocycles. The molecule has 0 atom stereocenters. The second kappa shape index (κ2) is 7.34. The number of nitrogens with zero attached hydrogens (tertiary/aromatic N) is 1. The number of fused-ring (bicyclic) bond motifs is 1. The minimum atomic E-state index is 0.145. The average molecular weight is 321 g/mol. The Morgan fingerprint density at radius 2 is 1.61 bits per heavy atom. The van der Waals surface area contributed by atoms with Gasteiger partial charge in [-0.25, -0.2) is 0 Å². The molecule has 3 rings (SSSR count). The van der Waals surface area contributed by atoms with Gasteiger partial charge in [-0.05, 0) is 28.5 Å². The highest BCUT2D eigenvalue weighted by atomic mass is 32.2. The standard InChI is InChI=1S/C20H19NOS/c1-21(14-16-7-3-2-4-8-16)20(22)15-23-19-12-11-17-9-5-6-10-18(17)13-19/h2-13H,14-15H2,1H3. The first kappa shape index (κ1) is 15.6. The Labute approximate surface area is 141 Å². The third kappa shape index (κ3) is 4.14. The molecule has 0 saturated heterocycles. The molecule has 0 bridgehead atoms. The fraction of sp³-hybridized carbons (Fsp3) is 0.150. The number of amides is 1. The summed E-state index contributed by atoms with van der Waals surface area (Å²) in [4.78, 5) is 15.2. The number of carbonyl (C=O) groups is 1. The molecule has 0 aliphatic rings. The molecule has 0 fully saturated rings. The molecule has 2 nitrogen and oxygen atoms in total.